The van der Waals surface area contributed by atoms with Crippen LogP contribution < -0.4 is 19.5 Å². The minimum Gasteiger partial charge on any atom is -0.493 e. The highest BCUT2D eigenvalue weighted by Crippen LogP contribution is 2.38. The fourth-order valence-corrected chi connectivity index (χ4v) is 3.34. The van der Waals surface area contributed by atoms with E-state index < -0.39 is 0 Å². The first-order valence-corrected chi connectivity index (χ1v) is 10.2. The van der Waals surface area contributed by atoms with Crippen molar-refractivity contribution in [2.24, 2.45) is 0 Å². The zero-order valence-electron chi connectivity index (χ0n) is 18.7. The van der Waals surface area contributed by atoms with Gasteiger partial charge in [-0.1, -0.05) is 47.1 Å². The Labute approximate surface area is 191 Å². The van der Waals surface area contributed by atoms with Crippen LogP contribution in [0.3, 0.4) is 0 Å². The molecule has 33 heavy (non-hydrogen) atoms. The Kier molecular flexibility index (Phi) is 6.26. The van der Waals surface area contributed by atoms with Crippen molar-refractivity contribution < 1.29 is 23.5 Å². The first-order chi connectivity index (χ1) is 16.0. The lowest BCUT2D eigenvalue weighted by atomic mass is 10.1. The SMILES string of the molecule is COc1cc(C(=O)Nc2ccccc2-c2nc(-c3ccc(C)cc3)no2)cc(OC)c1OC. The fourth-order valence-electron chi connectivity index (χ4n) is 3.34. The highest BCUT2D eigenvalue weighted by molar-refractivity contribution is 6.06. The van der Waals surface area contributed by atoms with Crippen LogP contribution in [0.2, 0.25) is 0 Å². The van der Waals surface area contributed by atoms with Crippen LogP contribution in [0.25, 0.3) is 22.8 Å². The molecule has 1 amide bonds. The molecule has 0 aliphatic rings. The van der Waals surface area contributed by atoms with Crippen molar-refractivity contribution >= 4 is 11.6 Å². The summed E-state index contributed by atoms with van der Waals surface area (Å²) in [5.41, 5.74) is 3.45. The minimum absolute atomic E-state index is 0.298. The molecule has 8 heteroatoms. The van der Waals surface area contributed by atoms with E-state index in [0.717, 1.165) is 11.1 Å². The van der Waals surface area contributed by atoms with Crippen LogP contribution in [0.15, 0.2) is 65.2 Å². The first kappa shape index (κ1) is 21.9. The number of amides is 1. The van der Waals surface area contributed by atoms with Crippen LogP contribution in [0.4, 0.5) is 5.69 Å². The number of para-hydroxylation sites is 1. The lowest BCUT2D eigenvalue weighted by Crippen LogP contribution is -2.13. The summed E-state index contributed by atoms with van der Waals surface area (Å²) in [6.45, 7) is 2.01. The molecule has 1 heterocycles. The van der Waals surface area contributed by atoms with Gasteiger partial charge in [-0.25, -0.2) is 0 Å². The van der Waals surface area contributed by atoms with Crippen molar-refractivity contribution in [2.45, 2.75) is 6.92 Å². The average molecular weight is 445 g/mol. The third-order valence-electron chi connectivity index (χ3n) is 5.07. The summed E-state index contributed by atoms with van der Waals surface area (Å²) >= 11 is 0. The molecule has 0 aliphatic heterocycles. The maximum atomic E-state index is 13.1. The second kappa shape index (κ2) is 9.44. The van der Waals surface area contributed by atoms with Gasteiger partial charge in [0.15, 0.2) is 11.5 Å². The van der Waals surface area contributed by atoms with Crippen LogP contribution in [0, 0.1) is 6.92 Å². The number of hydrogen-bond acceptors (Lipinski definition) is 7. The quantitative estimate of drug-likeness (QED) is 0.428. The van der Waals surface area contributed by atoms with E-state index in [1.54, 1.807) is 24.3 Å². The lowest BCUT2D eigenvalue weighted by Gasteiger charge is -2.14. The van der Waals surface area contributed by atoms with Gasteiger partial charge in [0.2, 0.25) is 11.6 Å². The van der Waals surface area contributed by atoms with Crippen LogP contribution >= 0.6 is 0 Å². The number of hydrogen-bond donors (Lipinski definition) is 1. The van der Waals surface area contributed by atoms with Crippen LogP contribution in [-0.2, 0) is 0 Å². The molecule has 0 saturated heterocycles. The number of anilines is 1. The normalized spacial score (nSPS) is 10.5. The second-order valence-electron chi connectivity index (χ2n) is 7.20. The summed E-state index contributed by atoms with van der Waals surface area (Å²) in [4.78, 5) is 17.6. The standard InChI is InChI=1S/C25H23N3O5/c1-15-9-11-16(12-10-15)23-27-25(33-28-23)18-7-5-6-8-19(18)26-24(29)17-13-20(30-2)22(32-4)21(14-17)31-3/h5-14H,1-4H3,(H,26,29). The van der Waals surface area contributed by atoms with Gasteiger partial charge < -0.3 is 24.1 Å². The third kappa shape index (κ3) is 4.50. The molecule has 0 saturated carbocycles. The van der Waals surface area contributed by atoms with E-state index in [2.05, 4.69) is 15.5 Å². The molecule has 1 aromatic heterocycles. The second-order valence-corrected chi connectivity index (χ2v) is 7.20. The summed E-state index contributed by atoms with van der Waals surface area (Å²) in [6.07, 6.45) is 0. The number of nitrogens with zero attached hydrogens (tertiary/aromatic N) is 2. The first-order valence-electron chi connectivity index (χ1n) is 10.2. The number of ether oxygens (including phenoxy) is 3. The predicted octanol–water partition coefficient (Wildman–Crippen LogP) is 4.99. The molecule has 0 bridgehead atoms. The van der Waals surface area contributed by atoms with Gasteiger partial charge >= 0.3 is 0 Å². The fraction of sp³-hybridized carbons (Fsp3) is 0.160. The van der Waals surface area contributed by atoms with Crippen molar-refractivity contribution in [3.05, 3.63) is 71.8 Å². The average Bonchev–Trinajstić information content (AvgIpc) is 3.33. The molecule has 168 valence electrons. The van der Waals surface area contributed by atoms with Gasteiger partial charge in [-0.15, -0.1) is 0 Å². The van der Waals surface area contributed by atoms with E-state index >= 15 is 0 Å². The smallest absolute Gasteiger partial charge is 0.260 e. The molecule has 4 aromatic rings. The summed E-state index contributed by atoms with van der Waals surface area (Å²) in [5.74, 6) is 1.58. The van der Waals surface area contributed by atoms with E-state index in [9.17, 15) is 4.79 Å². The molecule has 3 aromatic carbocycles. The summed E-state index contributed by atoms with van der Waals surface area (Å²) in [7, 11) is 4.50. The molecule has 8 nitrogen and oxygen atoms in total. The Morgan fingerprint density at radius 2 is 1.58 bits per heavy atom. The van der Waals surface area contributed by atoms with E-state index in [4.69, 9.17) is 18.7 Å². The number of carbonyl (C=O) groups is 1. The Morgan fingerprint density at radius 1 is 0.909 bits per heavy atom. The predicted molar refractivity (Wildman–Crippen MR) is 124 cm³/mol. The van der Waals surface area contributed by atoms with Crippen molar-refractivity contribution in [3.8, 4) is 40.1 Å². The Hall–Kier alpha value is -4.33. The minimum atomic E-state index is -0.361. The van der Waals surface area contributed by atoms with Gasteiger partial charge in [0.1, 0.15) is 0 Å². The van der Waals surface area contributed by atoms with Gasteiger partial charge in [0.25, 0.3) is 11.8 Å². The molecule has 4 rings (SSSR count). The van der Waals surface area contributed by atoms with Gasteiger partial charge in [-0.05, 0) is 31.2 Å². The van der Waals surface area contributed by atoms with Crippen molar-refractivity contribution in [3.63, 3.8) is 0 Å². The summed E-state index contributed by atoms with van der Waals surface area (Å²) < 4.78 is 21.5. The Bertz CT molecular complexity index is 1260. The highest BCUT2D eigenvalue weighted by Gasteiger charge is 2.19. The number of aryl methyl sites for hydroxylation is 1. The number of rotatable bonds is 7. The molecule has 0 fully saturated rings. The molecule has 0 unspecified atom stereocenters. The lowest BCUT2D eigenvalue weighted by molar-refractivity contribution is 0.102. The van der Waals surface area contributed by atoms with Gasteiger partial charge in [-0.2, -0.15) is 4.98 Å². The number of aromatic nitrogens is 2. The van der Waals surface area contributed by atoms with Crippen LogP contribution in [-0.4, -0.2) is 37.4 Å². The van der Waals surface area contributed by atoms with Crippen LogP contribution in [0.1, 0.15) is 15.9 Å². The van der Waals surface area contributed by atoms with Crippen LogP contribution in [0.5, 0.6) is 17.2 Å². The zero-order chi connectivity index (χ0) is 23.4. The topological polar surface area (TPSA) is 95.7 Å². The van der Waals surface area contributed by atoms with Crippen molar-refractivity contribution in [1.82, 2.24) is 10.1 Å². The Morgan fingerprint density at radius 3 is 2.21 bits per heavy atom. The number of methoxy groups -OCH3 is 3. The van der Waals surface area contributed by atoms with Crippen molar-refractivity contribution in [1.29, 1.82) is 0 Å². The van der Waals surface area contributed by atoms with E-state index in [0.29, 0.717) is 45.8 Å². The number of benzene rings is 3. The van der Waals surface area contributed by atoms with E-state index in [1.807, 2.05) is 43.3 Å². The molecular formula is C25H23N3O5. The Balaban J connectivity index is 1.64. The van der Waals surface area contributed by atoms with Crippen molar-refractivity contribution in [2.75, 3.05) is 26.6 Å². The number of carbonyl (C=O) groups excluding carboxylic acids is 1. The largest absolute Gasteiger partial charge is 0.493 e. The maximum Gasteiger partial charge on any atom is 0.260 e. The summed E-state index contributed by atoms with van der Waals surface area (Å²) in [5, 5.41) is 6.99. The van der Waals surface area contributed by atoms with Gasteiger partial charge in [-0.3, -0.25) is 4.79 Å². The highest BCUT2D eigenvalue weighted by atomic mass is 16.5. The zero-order valence-corrected chi connectivity index (χ0v) is 18.7. The molecule has 0 radical (unpaired) electrons. The molecule has 0 aliphatic carbocycles. The van der Waals surface area contributed by atoms with E-state index in [-0.39, 0.29) is 5.91 Å². The van der Waals surface area contributed by atoms with Gasteiger partial charge in [0.05, 0.1) is 32.6 Å². The van der Waals surface area contributed by atoms with E-state index in [1.165, 1.54) is 21.3 Å². The molecular weight excluding hydrogens is 422 g/mol. The molecule has 0 spiro atoms. The number of nitrogens with one attached hydrogen (secondary N) is 1. The monoisotopic (exact) mass is 445 g/mol. The van der Waals surface area contributed by atoms with Gasteiger partial charge in [0, 0.05) is 11.1 Å². The molecule has 1 N–H and O–H groups in total. The third-order valence-corrected chi connectivity index (χ3v) is 5.07. The maximum absolute atomic E-state index is 13.1. The molecule has 0 atom stereocenters. The summed E-state index contributed by atoms with van der Waals surface area (Å²) in [6, 6.07) is 18.2.